The molecule has 0 aliphatic heterocycles. The molecule has 0 saturated heterocycles. The molecule has 72 heavy (non-hydrogen) atoms. The highest BCUT2D eigenvalue weighted by atomic mass is 32.1. The lowest BCUT2D eigenvalue weighted by molar-refractivity contribution is -0.138. The molecule has 4 aromatic carbocycles. The average Bonchev–Trinajstić information content (AvgIpc) is 3.77. The van der Waals surface area contributed by atoms with E-state index >= 15 is 0 Å². The molecule has 3 aliphatic rings. The molecule has 0 spiro atoms. The number of aliphatic carboxylic acids is 1. The first-order chi connectivity index (χ1) is 33.5. The number of carbonyl (C=O) groups is 5. The first-order valence-electron chi connectivity index (χ1n) is 21.4. The van der Waals surface area contributed by atoms with Crippen LogP contribution in [0, 0.1) is 23.4 Å². The predicted octanol–water partition coefficient (Wildman–Crippen LogP) is 9.53. The number of ketones is 3. The van der Waals surface area contributed by atoms with Crippen molar-refractivity contribution in [3.05, 3.63) is 194 Å². The number of nitrogens with two attached hydrogens (primary N) is 1. The molecule has 1 unspecified atom stereocenters. The Hall–Kier alpha value is -7.65. The summed E-state index contributed by atoms with van der Waals surface area (Å²) < 4.78 is 84.2. The number of benzene rings is 4. The average molecular weight is 1030 g/mol. The molecule has 21 heteroatoms. The Morgan fingerprint density at radius 2 is 1.14 bits per heavy atom. The van der Waals surface area contributed by atoms with Gasteiger partial charge in [-0.3, -0.25) is 42.7 Å². The molecular weight excluding hydrogens is 989 g/mol. The quantitative estimate of drug-likeness (QED) is 0.0729. The summed E-state index contributed by atoms with van der Waals surface area (Å²) in [5, 5.41) is 7.42. The van der Waals surface area contributed by atoms with Gasteiger partial charge in [-0.05, 0) is 90.9 Å². The number of carboxylic acids is 1. The van der Waals surface area contributed by atoms with E-state index in [0.717, 1.165) is 42.3 Å². The van der Waals surface area contributed by atoms with Gasteiger partial charge >= 0.3 is 12.4 Å². The Labute approximate surface area is 417 Å². The fourth-order valence-electron chi connectivity index (χ4n) is 8.17. The van der Waals surface area contributed by atoms with E-state index in [-0.39, 0.29) is 40.5 Å². The summed E-state index contributed by atoms with van der Waals surface area (Å²) in [6.07, 6.45) is -8.18. The zero-order chi connectivity index (χ0) is 53.9. The molecular formula is C51H45F6N5O8S2. The van der Waals surface area contributed by atoms with Gasteiger partial charge in [-0.25, -0.2) is 0 Å². The minimum absolute atomic E-state index is 0.0484. The zero-order valence-corrected chi connectivity index (χ0v) is 41.1. The van der Waals surface area contributed by atoms with E-state index in [1.54, 1.807) is 79.7 Å². The Kier molecular flexibility index (Phi) is 16.7. The van der Waals surface area contributed by atoms with Crippen molar-refractivity contribution in [2.75, 3.05) is 5.73 Å². The highest BCUT2D eigenvalue weighted by Crippen LogP contribution is 2.49. The molecule has 2 aromatic heterocycles. The molecule has 6 aromatic rings. The number of hydrogen-bond acceptors (Lipinski definition) is 10. The monoisotopic (exact) mass is 1030 g/mol. The van der Waals surface area contributed by atoms with Crippen LogP contribution in [0.1, 0.15) is 105 Å². The molecule has 0 radical (unpaired) electrons. The Morgan fingerprint density at radius 3 is 1.65 bits per heavy atom. The highest BCUT2D eigenvalue weighted by molar-refractivity contribution is 7.71. The number of aldehydes is 1. The second kappa shape index (κ2) is 21.8. The Bertz CT molecular complexity index is 3460. The summed E-state index contributed by atoms with van der Waals surface area (Å²) >= 11 is 10.3. The summed E-state index contributed by atoms with van der Waals surface area (Å²) in [7, 11) is 6.61. The van der Waals surface area contributed by atoms with Crippen LogP contribution in [-0.2, 0) is 51.8 Å². The number of allylic oxidation sites excluding steroid dienone is 2. The third kappa shape index (κ3) is 11.9. The van der Waals surface area contributed by atoms with Crippen LogP contribution in [0.15, 0.2) is 106 Å². The maximum atomic E-state index is 13.7. The molecule has 1 atom stereocenters. The van der Waals surface area contributed by atoms with Gasteiger partial charge < -0.3 is 20.0 Å². The number of halogens is 6. The van der Waals surface area contributed by atoms with Crippen LogP contribution in [0.4, 0.5) is 32.2 Å². The summed E-state index contributed by atoms with van der Waals surface area (Å²) in [5.74, 6) is -1.72. The minimum Gasteiger partial charge on any atom is -0.481 e. The molecule has 0 saturated carbocycles. The van der Waals surface area contributed by atoms with Gasteiger partial charge in [0, 0.05) is 92.6 Å². The van der Waals surface area contributed by atoms with Crippen LogP contribution in [-0.4, -0.2) is 53.0 Å². The summed E-state index contributed by atoms with van der Waals surface area (Å²) in [6.45, 7) is 4.18. The maximum Gasteiger partial charge on any atom is 0.416 e. The second-order valence-electron chi connectivity index (χ2n) is 16.7. The zero-order valence-electron chi connectivity index (χ0n) is 39.5. The molecule has 9 rings (SSSR count). The van der Waals surface area contributed by atoms with Crippen LogP contribution in [0.25, 0.3) is 5.57 Å². The maximum absolute atomic E-state index is 13.7. The molecule has 3 N–H and O–H groups in total. The van der Waals surface area contributed by atoms with Gasteiger partial charge in [-0.1, -0.05) is 60.2 Å². The fraction of sp³-hybridized carbons (Fsp3) is 0.235. The van der Waals surface area contributed by atoms with Gasteiger partial charge in [0.25, 0.3) is 17.1 Å². The van der Waals surface area contributed by atoms with Crippen molar-refractivity contribution in [3.8, 4) is 0 Å². The largest absolute Gasteiger partial charge is 0.481 e. The van der Waals surface area contributed by atoms with Crippen molar-refractivity contribution in [2.24, 2.45) is 28.2 Å². The number of nitrogens with zero attached hydrogens (tertiary/aromatic N) is 4. The number of alkyl halides is 6. The fourth-order valence-corrected chi connectivity index (χ4v) is 8.56. The number of carboxylic acid groups (broad SMARTS) is 1. The number of aromatic nitrogens is 4. The van der Waals surface area contributed by atoms with E-state index < -0.39 is 40.9 Å². The van der Waals surface area contributed by atoms with Crippen LogP contribution in [0.5, 0.6) is 0 Å². The van der Waals surface area contributed by atoms with Crippen LogP contribution in [0.3, 0.4) is 0 Å². The van der Waals surface area contributed by atoms with E-state index in [4.69, 9.17) is 40.1 Å². The first-order valence-corrected chi connectivity index (χ1v) is 22.2. The van der Waals surface area contributed by atoms with Crippen molar-refractivity contribution in [2.45, 2.75) is 51.9 Å². The summed E-state index contributed by atoms with van der Waals surface area (Å²) in [4.78, 5) is 79.4. The first kappa shape index (κ1) is 55.3. The third-order valence-electron chi connectivity index (χ3n) is 11.5. The van der Waals surface area contributed by atoms with Crippen LogP contribution < -0.4 is 16.9 Å². The summed E-state index contributed by atoms with van der Waals surface area (Å²) in [6, 6.07) is 22.4. The van der Waals surface area contributed by atoms with E-state index in [1.165, 1.54) is 35.2 Å². The van der Waals surface area contributed by atoms with E-state index in [9.17, 15) is 55.1 Å². The van der Waals surface area contributed by atoms with Gasteiger partial charge in [0.15, 0.2) is 26.9 Å². The van der Waals surface area contributed by atoms with Crippen LogP contribution in [0.2, 0.25) is 0 Å². The minimum atomic E-state index is -4.56. The Morgan fingerprint density at radius 1 is 0.667 bits per heavy atom. The van der Waals surface area contributed by atoms with E-state index in [1.807, 2.05) is 12.1 Å². The lowest BCUT2D eigenvalue weighted by Gasteiger charge is -2.30. The van der Waals surface area contributed by atoms with Gasteiger partial charge in [-0.2, -0.15) is 26.3 Å². The molecule has 3 aliphatic carbocycles. The topological polar surface area (TPSA) is 185 Å². The summed E-state index contributed by atoms with van der Waals surface area (Å²) in [5.41, 5.74) is 8.89. The van der Waals surface area contributed by atoms with Crippen molar-refractivity contribution in [1.29, 1.82) is 0 Å². The number of carbonyl (C=O) groups excluding carboxylic acids is 4. The van der Waals surface area contributed by atoms with Crippen molar-refractivity contribution >= 4 is 65.4 Å². The predicted molar refractivity (Wildman–Crippen MR) is 261 cm³/mol. The van der Waals surface area contributed by atoms with Crippen molar-refractivity contribution < 1.29 is 55.4 Å². The van der Waals surface area contributed by atoms with Crippen molar-refractivity contribution in [1.82, 2.24) is 18.3 Å². The number of anilines is 1. The van der Waals surface area contributed by atoms with Gasteiger partial charge in [0.05, 0.1) is 17.5 Å². The molecule has 376 valence electrons. The number of fused-ring (bicyclic) bond motifs is 4. The van der Waals surface area contributed by atoms with Gasteiger partial charge in [-0.15, -0.1) is 0 Å². The Balaban J connectivity index is 0.000000201. The number of aryl methyl sites for hydroxylation is 2. The highest BCUT2D eigenvalue weighted by Gasteiger charge is 2.43. The molecule has 0 bridgehead atoms. The number of Topliss-reactive ketones (excluding diaryl/α,β-unsaturated/α-hetero) is 3. The van der Waals surface area contributed by atoms with E-state index in [0.29, 0.717) is 72.7 Å². The third-order valence-corrected chi connectivity index (χ3v) is 12.6. The number of hydrogen-bond donors (Lipinski definition) is 2. The smallest absolute Gasteiger partial charge is 0.416 e. The van der Waals surface area contributed by atoms with Gasteiger partial charge in [0.1, 0.15) is 12.1 Å². The SMILES string of the molecule is CC(=O)O.Cc1cc(C2C3=C(Cc4c2c(=O)n(C)c(=S)n4C)c2ccccc2C3=O)cc(C(F)(F)F)c1.Cc1cc(C=O)cc(C(F)(F)F)c1.Cn1c(N)cc(=O)n(C)c1=S.O=C1CC(=O)c2ccccc21. The second-order valence-corrected chi connectivity index (χ2v) is 17.4. The standard InChI is InChI=1S/C25H19F3N2O2S.C9H7F3O.C9H6O2.C6H9N3OS.C2H4O2/c1-12-8-13(10-14(9-12)25(26,27)28)19-20-17(15-6-4-5-7-16(15)22(20)31)11-18-21(19)23(32)30(3)24(33)29(18)2;1-6-2-7(5-13)4-8(3-6)9(10,11)12;10-8-5-9(11)7-4-2-1-3-6(7)8;1-8-4(7)3-5(10)9(2)6(8)11;1-2(3)4/h4-10,19H,11H2,1-3H3;2-5H,1H3;1-4H,5H2;3H,7H2,1-2H3;1H3,(H,3,4). The molecule has 2 heterocycles. The molecule has 13 nitrogen and oxygen atoms in total. The van der Waals surface area contributed by atoms with E-state index in [2.05, 4.69) is 0 Å². The number of rotatable bonds is 2. The lowest BCUT2D eigenvalue weighted by Crippen LogP contribution is -2.34. The lowest BCUT2D eigenvalue weighted by atomic mass is 9.76. The van der Waals surface area contributed by atoms with Gasteiger partial charge in [0.2, 0.25) is 0 Å². The molecule has 0 fully saturated rings. The number of nitrogen functional groups attached to an aromatic ring is 1. The van der Waals surface area contributed by atoms with Crippen molar-refractivity contribution in [3.63, 3.8) is 0 Å². The van der Waals surface area contributed by atoms with Crippen LogP contribution >= 0.6 is 24.4 Å². The normalized spacial score (nSPS) is 14.1. The molecule has 0 amide bonds.